The Balaban J connectivity index is 2.10. The Labute approximate surface area is 105 Å². The van der Waals surface area contributed by atoms with E-state index in [1.807, 2.05) is 31.2 Å². The molecule has 5 heteroatoms. The maximum absolute atomic E-state index is 10.6. The third-order valence-corrected chi connectivity index (χ3v) is 2.78. The maximum Gasteiger partial charge on any atom is 0.305 e. The lowest BCUT2D eigenvalue weighted by atomic mass is 10.0. The highest BCUT2D eigenvalue weighted by atomic mass is 16.5. The summed E-state index contributed by atoms with van der Waals surface area (Å²) in [5.41, 5.74) is 7.47. The lowest BCUT2D eigenvalue weighted by Gasteiger charge is -2.10. The number of hydrogen-bond acceptors (Lipinski definition) is 4. The first-order chi connectivity index (χ1) is 8.56. The molecule has 2 atom stereocenters. The number of hydrogen-bond donors (Lipinski definition) is 2. The van der Waals surface area contributed by atoms with Crippen molar-refractivity contribution in [3.05, 3.63) is 35.4 Å². The van der Waals surface area contributed by atoms with Gasteiger partial charge in [0.25, 0.3) is 0 Å². The fraction of sp³-hybridized carbons (Fsp3) is 0.385. The first-order valence-electron chi connectivity index (χ1n) is 5.84. The second-order valence-corrected chi connectivity index (χ2v) is 4.42. The van der Waals surface area contributed by atoms with Crippen LogP contribution < -0.4 is 5.73 Å². The van der Waals surface area contributed by atoms with E-state index >= 15 is 0 Å². The van der Waals surface area contributed by atoms with Crippen LogP contribution in [0.1, 0.15) is 30.5 Å². The van der Waals surface area contributed by atoms with E-state index in [0.29, 0.717) is 12.5 Å². The SMILES string of the molecule is CC1COC(c2ccc(C(N)CC(=O)O)cc2)=N1. The molecule has 1 heterocycles. The van der Waals surface area contributed by atoms with Crippen molar-refractivity contribution in [3.8, 4) is 0 Å². The molecule has 0 aromatic heterocycles. The molecule has 1 aliphatic heterocycles. The highest BCUT2D eigenvalue weighted by Gasteiger charge is 2.16. The second-order valence-electron chi connectivity index (χ2n) is 4.42. The fourth-order valence-corrected chi connectivity index (χ4v) is 1.81. The fourth-order valence-electron chi connectivity index (χ4n) is 1.81. The summed E-state index contributed by atoms with van der Waals surface area (Å²) in [5.74, 6) is -0.259. The van der Waals surface area contributed by atoms with Gasteiger partial charge in [0, 0.05) is 11.6 Å². The van der Waals surface area contributed by atoms with E-state index in [2.05, 4.69) is 4.99 Å². The van der Waals surface area contributed by atoms with Crippen molar-refractivity contribution in [3.63, 3.8) is 0 Å². The van der Waals surface area contributed by atoms with Gasteiger partial charge in [-0.3, -0.25) is 4.79 Å². The van der Waals surface area contributed by atoms with Crippen molar-refractivity contribution in [1.29, 1.82) is 0 Å². The number of aliphatic carboxylic acids is 1. The minimum Gasteiger partial charge on any atom is -0.481 e. The summed E-state index contributed by atoms with van der Waals surface area (Å²) in [6.45, 7) is 2.60. The van der Waals surface area contributed by atoms with Gasteiger partial charge in [0.15, 0.2) is 0 Å². The predicted octanol–water partition coefficient (Wildman–Crippen LogP) is 1.33. The molecule has 0 radical (unpaired) electrons. The average Bonchev–Trinajstić information content (AvgIpc) is 2.75. The number of nitrogens with two attached hydrogens (primary N) is 1. The van der Waals surface area contributed by atoms with Gasteiger partial charge in [0.1, 0.15) is 6.61 Å². The van der Waals surface area contributed by atoms with Gasteiger partial charge in [0.05, 0.1) is 12.5 Å². The minimum absolute atomic E-state index is 0.0756. The van der Waals surface area contributed by atoms with E-state index < -0.39 is 12.0 Å². The molecule has 96 valence electrons. The first kappa shape index (κ1) is 12.6. The van der Waals surface area contributed by atoms with Crippen molar-refractivity contribution in [2.24, 2.45) is 10.7 Å². The van der Waals surface area contributed by atoms with Gasteiger partial charge in [-0.05, 0) is 24.6 Å². The number of rotatable bonds is 4. The van der Waals surface area contributed by atoms with E-state index in [0.717, 1.165) is 11.1 Å². The van der Waals surface area contributed by atoms with Crippen LogP contribution in [-0.2, 0) is 9.53 Å². The van der Waals surface area contributed by atoms with E-state index in [4.69, 9.17) is 15.6 Å². The Morgan fingerprint density at radius 3 is 2.72 bits per heavy atom. The van der Waals surface area contributed by atoms with Crippen molar-refractivity contribution < 1.29 is 14.6 Å². The van der Waals surface area contributed by atoms with Crippen molar-refractivity contribution in [1.82, 2.24) is 0 Å². The highest BCUT2D eigenvalue weighted by Crippen LogP contribution is 2.17. The zero-order valence-electron chi connectivity index (χ0n) is 10.2. The Kier molecular flexibility index (Phi) is 3.62. The second kappa shape index (κ2) is 5.18. The standard InChI is InChI=1S/C13H16N2O3/c1-8-7-18-13(15-8)10-4-2-9(3-5-10)11(14)6-12(16)17/h2-5,8,11H,6-7,14H2,1H3,(H,16,17). The third-order valence-electron chi connectivity index (χ3n) is 2.78. The van der Waals surface area contributed by atoms with Crippen LogP contribution in [0.5, 0.6) is 0 Å². The van der Waals surface area contributed by atoms with Gasteiger partial charge in [-0.2, -0.15) is 0 Å². The summed E-state index contributed by atoms with van der Waals surface area (Å²) in [6.07, 6.45) is -0.0756. The molecule has 3 N–H and O–H groups in total. The van der Waals surface area contributed by atoms with Gasteiger partial charge in [-0.1, -0.05) is 12.1 Å². The molecular weight excluding hydrogens is 232 g/mol. The van der Waals surface area contributed by atoms with Gasteiger partial charge in [-0.25, -0.2) is 4.99 Å². The predicted molar refractivity (Wildman–Crippen MR) is 67.6 cm³/mol. The summed E-state index contributed by atoms with van der Waals surface area (Å²) >= 11 is 0. The monoisotopic (exact) mass is 248 g/mol. The van der Waals surface area contributed by atoms with Gasteiger partial charge < -0.3 is 15.6 Å². The summed E-state index contributed by atoms with van der Waals surface area (Å²) in [4.78, 5) is 14.9. The number of benzene rings is 1. The Bertz CT molecular complexity index is 468. The highest BCUT2D eigenvalue weighted by molar-refractivity contribution is 5.95. The summed E-state index contributed by atoms with van der Waals surface area (Å²) in [7, 11) is 0. The lowest BCUT2D eigenvalue weighted by Crippen LogP contribution is -2.15. The lowest BCUT2D eigenvalue weighted by molar-refractivity contribution is -0.137. The summed E-state index contributed by atoms with van der Waals surface area (Å²) in [6, 6.07) is 7.05. The largest absolute Gasteiger partial charge is 0.481 e. The molecule has 18 heavy (non-hydrogen) atoms. The number of carbonyl (C=O) groups is 1. The maximum atomic E-state index is 10.6. The van der Waals surface area contributed by atoms with E-state index in [9.17, 15) is 4.79 Å². The molecule has 0 saturated heterocycles. The van der Waals surface area contributed by atoms with E-state index in [1.165, 1.54) is 0 Å². The molecule has 1 aliphatic rings. The zero-order valence-corrected chi connectivity index (χ0v) is 10.2. The molecule has 5 nitrogen and oxygen atoms in total. The molecule has 1 aromatic rings. The summed E-state index contributed by atoms with van der Waals surface area (Å²) < 4.78 is 5.44. The Morgan fingerprint density at radius 2 is 2.22 bits per heavy atom. The minimum atomic E-state index is -0.899. The van der Waals surface area contributed by atoms with Crippen LogP contribution in [0.15, 0.2) is 29.3 Å². The Morgan fingerprint density at radius 1 is 1.56 bits per heavy atom. The smallest absolute Gasteiger partial charge is 0.305 e. The molecule has 2 rings (SSSR count). The van der Waals surface area contributed by atoms with Crippen molar-refractivity contribution in [2.75, 3.05) is 6.61 Å². The van der Waals surface area contributed by atoms with E-state index in [-0.39, 0.29) is 12.5 Å². The molecule has 0 bridgehead atoms. The van der Waals surface area contributed by atoms with Gasteiger partial charge in [-0.15, -0.1) is 0 Å². The number of aliphatic imine (C=N–C) groups is 1. The first-order valence-corrected chi connectivity index (χ1v) is 5.84. The number of carboxylic acid groups (broad SMARTS) is 1. The van der Waals surface area contributed by atoms with Crippen LogP contribution in [0.4, 0.5) is 0 Å². The number of nitrogens with zero attached hydrogens (tertiary/aromatic N) is 1. The van der Waals surface area contributed by atoms with Gasteiger partial charge >= 0.3 is 5.97 Å². The van der Waals surface area contributed by atoms with Crippen LogP contribution in [-0.4, -0.2) is 29.6 Å². The molecular formula is C13H16N2O3. The van der Waals surface area contributed by atoms with Crippen molar-refractivity contribution in [2.45, 2.75) is 25.4 Å². The molecule has 1 aromatic carbocycles. The van der Waals surface area contributed by atoms with Crippen LogP contribution in [0.25, 0.3) is 0 Å². The van der Waals surface area contributed by atoms with Gasteiger partial charge in [0.2, 0.25) is 5.90 Å². The molecule has 2 unspecified atom stereocenters. The molecule has 0 aliphatic carbocycles. The quantitative estimate of drug-likeness (QED) is 0.841. The number of carboxylic acids is 1. The van der Waals surface area contributed by atoms with E-state index in [1.54, 1.807) is 0 Å². The molecule has 0 saturated carbocycles. The molecule has 0 fully saturated rings. The average molecular weight is 248 g/mol. The van der Waals surface area contributed by atoms with Crippen LogP contribution in [0.3, 0.4) is 0 Å². The number of ether oxygens (including phenoxy) is 1. The Hall–Kier alpha value is -1.88. The zero-order chi connectivity index (χ0) is 13.1. The topological polar surface area (TPSA) is 84.9 Å². The van der Waals surface area contributed by atoms with Crippen LogP contribution in [0, 0.1) is 0 Å². The molecule has 0 spiro atoms. The van der Waals surface area contributed by atoms with Crippen molar-refractivity contribution >= 4 is 11.9 Å². The van der Waals surface area contributed by atoms with Crippen LogP contribution >= 0.6 is 0 Å². The molecule has 0 amide bonds. The third kappa shape index (κ3) is 2.87. The normalized spacial score (nSPS) is 20.1. The summed E-state index contributed by atoms with van der Waals surface area (Å²) in [5, 5.41) is 8.68. The van der Waals surface area contributed by atoms with Crippen LogP contribution in [0.2, 0.25) is 0 Å².